The monoisotopic (exact) mass is 129 g/mol. The number of aromatic nitrogens is 1. The van der Waals surface area contributed by atoms with E-state index in [2.05, 4.69) is 9.68 Å². The molecule has 1 rings (SSSR count). The summed E-state index contributed by atoms with van der Waals surface area (Å²) in [5, 5.41) is 12.0. The molecule has 50 valence electrons. The zero-order valence-corrected chi connectivity index (χ0v) is 5.00. The maximum absolute atomic E-state index is 8.54. The lowest BCUT2D eigenvalue weighted by Gasteiger charge is -1.91. The molecule has 1 heterocycles. The van der Waals surface area contributed by atoms with Crippen LogP contribution in [0, 0.1) is 0 Å². The SMILES string of the molecule is COc1conc1CO. The Kier molecular flexibility index (Phi) is 1.69. The topological polar surface area (TPSA) is 55.5 Å². The molecule has 0 fully saturated rings. The highest BCUT2D eigenvalue weighted by atomic mass is 16.5. The highest BCUT2D eigenvalue weighted by Crippen LogP contribution is 2.14. The van der Waals surface area contributed by atoms with Crippen LogP contribution in [0.15, 0.2) is 10.8 Å². The van der Waals surface area contributed by atoms with Crippen molar-refractivity contribution in [3.8, 4) is 5.75 Å². The van der Waals surface area contributed by atoms with Crippen molar-refractivity contribution >= 4 is 0 Å². The first kappa shape index (κ1) is 6.10. The van der Waals surface area contributed by atoms with Crippen molar-refractivity contribution in [2.45, 2.75) is 6.61 Å². The Morgan fingerprint density at radius 2 is 2.67 bits per heavy atom. The fourth-order valence-corrected chi connectivity index (χ4v) is 0.524. The fraction of sp³-hybridized carbons (Fsp3) is 0.400. The van der Waals surface area contributed by atoms with Gasteiger partial charge in [-0.05, 0) is 0 Å². The first-order valence-corrected chi connectivity index (χ1v) is 2.46. The third kappa shape index (κ3) is 1.02. The maximum atomic E-state index is 8.54. The number of rotatable bonds is 2. The third-order valence-corrected chi connectivity index (χ3v) is 0.977. The quantitative estimate of drug-likeness (QED) is 0.618. The van der Waals surface area contributed by atoms with E-state index in [1.807, 2.05) is 0 Å². The van der Waals surface area contributed by atoms with Gasteiger partial charge in [0.1, 0.15) is 0 Å². The number of nitrogens with zero attached hydrogens (tertiary/aromatic N) is 1. The molecule has 9 heavy (non-hydrogen) atoms. The van der Waals surface area contributed by atoms with Crippen LogP contribution in [0.2, 0.25) is 0 Å². The van der Waals surface area contributed by atoms with Gasteiger partial charge in [0.15, 0.2) is 17.7 Å². The molecule has 0 atom stereocenters. The van der Waals surface area contributed by atoms with Crippen LogP contribution >= 0.6 is 0 Å². The second kappa shape index (κ2) is 2.50. The molecule has 0 aliphatic heterocycles. The van der Waals surface area contributed by atoms with Gasteiger partial charge in [0.2, 0.25) is 0 Å². The Labute approximate surface area is 52.0 Å². The van der Waals surface area contributed by atoms with Crippen molar-refractivity contribution in [2.24, 2.45) is 0 Å². The summed E-state index contributed by atoms with van der Waals surface area (Å²) in [6.07, 6.45) is 1.34. The van der Waals surface area contributed by atoms with Gasteiger partial charge in [0, 0.05) is 0 Å². The van der Waals surface area contributed by atoms with Crippen LogP contribution in [0.25, 0.3) is 0 Å². The maximum Gasteiger partial charge on any atom is 0.184 e. The lowest BCUT2D eigenvalue weighted by molar-refractivity contribution is 0.262. The number of ether oxygens (including phenoxy) is 1. The summed E-state index contributed by atoms with van der Waals surface area (Å²) in [7, 11) is 1.49. The molecule has 0 aliphatic carbocycles. The summed E-state index contributed by atoms with van der Waals surface area (Å²) in [6.45, 7) is -0.153. The number of hydrogen-bond acceptors (Lipinski definition) is 4. The highest BCUT2D eigenvalue weighted by Gasteiger charge is 2.03. The van der Waals surface area contributed by atoms with E-state index in [1.165, 1.54) is 13.4 Å². The molecule has 0 aromatic carbocycles. The molecule has 1 N–H and O–H groups in total. The second-order valence-corrected chi connectivity index (χ2v) is 1.49. The summed E-state index contributed by atoms with van der Waals surface area (Å²) in [5.41, 5.74) is 0.428. The van der Waals surface area contributed by atoms with E-state index in [1.54, 1.807) is 0 Å². The smallest absolute Gasteiger partial charge is 0.184 e. The zero-order chi connectivity index (χ0) is 6.69. The molecule has 0 saturated heterocycles. The Morgan fingerprint density at radius 3 is 3.11 bits per heavy atom. The van der Waals surface area contributed by atoms with Crippen molar-refractivity contribution in [3.63, 3.8) is 0 Å². The minimum absolute atomic E-state index is 0.153. The van der Waals surface area contributed by atoms with Crippen molar-refractivity contribution in [3.05, 3.63) is 12.0 Å². The van der Waals surface area contributed by atoms with E-state index in [9.17, 15) is 0 Å². The average Bonchev–Trinajstić information content (AvgIpc) is 2.33. The molecule has 1 aromatic rings. The van der Waals surface area contributed by atoms with Crippen LogP contribution < -0.4 is 4.74 Å². The van der Waals surface area contributed by atoms with Crippen molar-refractivity contribution in [2.75, 3.05) is 7.11 Å². The third-order valence-electron chi connectivity index (χ3n) is 0.977. The molecule has 0 unspecified atom stereocenters. The predicted octanol–water partition coefficient (Wildman–Crippen LogP) is 0.175. The Morgan fingerprint density at radius 1 is 1.89 bits per heavy atom. The predicted molar refractivity (Wildman–Crippen MR) is 29.0 cm³/mol. The summed E-state index contributed by atoms with van der Waals surface area (Å²) in [4.78, 5) is 0. The van der Waals surface area contributed by atoms with Crippen molar-refractivity contribution in [1.29, 1.82) is 0 Å². The first-order chi connectivity index (χ1) is 4.38. The highest BCUT2D eigenvalue weighted by molar-refractivity contribution is 5.20. The van der Waals surface area contributed by atoms with Crippen molar-refractivity contribution in [1.82, 2.24) is 5.16 Å². The summed E-state index contributed by atoms with van der Waals surface area (Å²) in [5.74, 6) is 0.484. The zero-order valence-electron chi connectivity index (χ0n) is 5.00. The van der Waals surface area contributed by atoms with Crippen LogP contribution in [0.1, 0.15) is 5.69 Å². The molecule has 1 aromatic heterocycles. The molecular formula is C5H7NO3. The Hall–Kier alpha value is -1.03. The van der Waals surface area contributed by atoms with Crippen LogP contribution in [-0.2, 0) is 6.61 Å². The normalized spacial score (nSPS) is 9.56. The van der Waals surface area contributed by atoms with Gasteiger partial charge in [0.25, 0.3) is 0 Å². The van der Waals surface area contributed by atoms with Gasteiger partial charge < -0.3 is 14.4 Å². The van der Waals surface area contributed by atoms with Crippen LogP contribution in [0.3, 0.4) is 0 Å². The van der Waals surface area contributed by atoms with E-state index in [-0.39, 0.29) is 6.61 Å². The van der Waals surface area contributed by atoms with Gasteiger partial charge in [-0.3, -0.25) is 0 Å². The molecule has 0 bridgehead atoms. The van der Waals surface area contributed by atoms with Gasteiger partial charge in [0.05, 0.1) is 13.7 Å². The number of aliphatic hydroxyl groups is 1. The number of methoxy groups -OCH3 is 1. The second-order valence-electron chi connectivity index (χ2n) is 1.49. The van der Waals surface area contributed by atoms with Gasteiger partial charge in [-0.15, -0.1) is 0 Å². The van der Waals surface area contributed by atoms with Gasteiger partial charge in [-0.2, -0.15) is 0 Å². The van der Waals surface area contributed by atoms with E-state index >= 15 is 0 Å². The summed E-state index contributed by atoms with van der Waals surface area (Å²) in [6, 6.07) is 0. The van der Waals surface area contributed by atoms with Crippen LogP contribution in [0.5, 0.6) is 5.75 Å². The molecule has 0 radical (unpaired) electrons. The summed E-state index contributed by atoms with van der Waals surface area (Å²) < 4.78 is 9.25. The Bertz CT molecular complexity index is 166. The minimum atomic E-state index is -0.153. The van der Waals surface area contributed by atoms with Gasteiger partial charge in [-0.25, -0.2) is 0 Å². The first-order valence-electron chi connectivity index (χ1n) is 2.46. The summed E-state index contributed by atoms with van der Waals surface area (Å²) >= 11 is 0. The Balaban J connectivity index is 2.85. The number of aliphatic hydroxyl groups excluding tert-OH is 1. The lowest BCUT2D eigenvalue weighted by Crippen LogP contribution is -1.87. The average molecular weight is 129 g/mol. The molecule has 0 spiro atoms. The lowest BCUT2D eigenvalue weighted by atomic mass is 10.4. The largest absolute Gasteiger partial charge is 0.491 e. The number of hydrogen-bond donors (Lipinski definition) is 1. The van der Waals surface area contributed by atoms with E-state index in [0.29, 0.717) is 11.4 Å². The molecule has 4 heteroatoms. The van der Waals surface area contributed by atoms with Gasteiger partial charge in [-0.1, -0.05) is 5.16 Å². The van der Waals surface area contributed by atoms with E-state index < -0.39 is 0 Å². The van der Waals surface area contributed by atoms with E-state index in [0.717, 1.165) is 0 Å². The van der Waals surface area contributed by atoms with Crippen LogP contribution in [0.4, 0.5) is 0 Å². The molecule has 0 aliphatic rings. The fourth-order valence-electron chi connectivity index (χ4n) is 0.524. The minimum Gasteiger partial charge on any atom is -0.491 e. The van der Waals surface area contributed by atoms with E-state index in [4.69, 9.17) is 9.84 Å². The van der Waals surface area contributed by atoms with Crippen molar-refractivity contribution < 1.29 is 14.4 Å². The molecular weight excluding hydrogens is 122 g/mol. The molecule has 4 nitrogen and oxygen atoms in total. The van der Waals surface area contributed by atoms with Gasteiger partial charge >= 0.3 is 0 Å². The standard InChI is InChI=1S/C5H7NO3/c1-8-5-3-9-6-4(5)2-7/h3,7H,2H2,1H3. The van der Waals surface area contributed by atoms with Crippen LogP contribution in [-0.4, -0.2) is 17.4 Å². The molecule has 0 saturated carbocycles. The molecule has 0 amide bonds.